The summed E-state index contributed by atoms with van der Waals surface area (Å²) in [6.07, 6.45) is 0. The first-order valence-corrected chi connectivity index (χ1v) is 4.63. The minimum absolute atomic E-state index is 0. The quantitative estimate of drug-likeness (QED) is 0.555. The van der Waals surface area contributed by atoms with Crippen molar-refractivity contribution in [2.75, 3.05) is 13.2 Å². The molecule has 3 heteroatoms. The number of alkyl halides is 1. The van der Waals surface area contributed by atoms with Crippen LogP contribution in [0.1, 0.15) is 27.7 Å². The lowest BCUT2D eigenvalue weighted by molar-refractivity contribution is 0.112. The van der Waals surface area contributed by atoms with Crippen LogP contribution in [0.2, 0.25) is 0 Å². The van der Waals surface area contributed by atoms with Crippen molar-refractivity contribution >= 4 is 11.6 Å². The van der Waals surface area contributed by atoms with E-state index < -0.39 is 0 Å². The van der Waals surface area contributed by atoms with E-state index in [9.17, 15) is 0 Å². The molecular formula is C10H22ClNO. The van der Waals surface area contributed by atoms with Crippen molar-refractivity contribution in [1.29, 1.82) is 0 Å². The van der Waals surface area contributed by atoms with E-state index in [-0.39, 0.29) is 11.0 Å². The summed E-state index contributed by atoms with van der Waals surface area (Å²) in [5.41, 5.74) is 1.05. The second kappa shape index (κ2) is 6.41. The zero-order chi connectivity index (χ0) is 9.78. The molecule has 0 amide bonds. The molecule has 0 rings (SSSR count). The fourth-order valence-electron chi connectivity index (χ4n) is 0.608. The molecule has 0 aromatic rings. The van der Waals surface area contributed by atoms with Gasteiger partial charge in [0.15, 0.2) is 0 Å². The minimum Gasteiger partial charge on any atom is -0.377 e. The minimum atomic E-state index is -0.185. The molecule has 2 nitrogen and oxygen atoms in total. The highest BCUT2D eigenvalue weighted by Crippen LogP contribution is 2.23. The molecule has 0 heterocycles. The number of halogens is 1. The molecule has 1 atom stereocenters. The molecule has 0 saturated heterocycles. The van der Waals surface area contributed by atoms with E-state index in [2.05, 4.69) is 13.5 Å². The average molecular weight is 208 g/mol. The third-order valence-corrected chi connectivity index (χ3v) is 2.26. The molecular weight excluding hydrogens is 186 g/mol. The molecule has 1 unspecified atom stereocenters. The molecule has 0 spiro atoms. The molecule has 0 radical (unpaired) electrons. The van der Waals surface area contributed by atoms with Gasteiger partial charge in [-0.3, -0.25) is 0 Å². The van der Waals surface area contributed by atoms with Crippen molar-refractivity contribution in [2.45, 2.75) is 32.6 Å². The van der Waals surface area contributed by atoms with E-state index in [4.69, 9.17) is 16.3 Å². The zero-order valence-corrected chi connectivity index (χ0v) is 9.95. The molecule has 0 aliphatic heterocycles. The van der Waals surface area contributed by atoms with Crippen LogP contribution in [0.5, 0.6) is 0 Å². The number of hydrogen-bond donors (Lipinski definition) is 1. The third kappa shape index (κ3) is 8.28. The highest BCUT2D eigenvalue weighted by atomic mass is 35.5. The van der Waals surface area contributed by atoms with Crippen molar-refractivity contribution < 1.29 is 4.74 Å². The predicted octanol–water partition coefficient (Wildman–Crippen LogP) is 3.39. The van der Waals surface area contributed by atoms with Crippen molar-refractivity contribution in [2.24, 2.45) is 5.92 Å². The molecule has 3 N–H and O–H groups in total. The van der Waals surface area contributed by atoms with Gasteiger partial charge in [0.05, 0.1) is 13.2 Å². The molecule has 13 heavy (non-hydrogen) atoms. The topological polar surface area (TPSA) is 44.2 Å². The van der Waals surface area contributed by atoms with Gasteiger partial charge in [-0.2, -0.15) is 0 Å². The van der Waals surface area contributed by atoms with E-state index in [1.165, 1.54) is 0 Å². The Kier molecular flexibility index (Phi) is 7.61. The van der Waals surface area contributed by atoms with Crippen molar-refractivity contribution in [3.63, 3.8) is 0 Å². The fraction of sp³-hybridized carbons (Fsp3) is 0.800. The smallest absolute Gasteiger partial charge is 0.0671 e. The predicted molar refractivity (Wildman–Crippen MR) is 59.8 cm³/mol. The Bertz CT molecular complexity index is 151. The molecule has 80 valence electrons. The second-order valence-corrected chi connectivity index (χ2v) is 4.91. The summed E-state index contributed by atoms with van der Waals surface area (Å²) in [6, 6.07) is 0. The van der Waals surface area contributed by atoms with Gasteiger partial charge < -0.3 is 10.9 Å². The molecule has 0 aliphatic rings. The number of rotatable bonds is 5. The summed E-state index contributed by atoms with van der Waals surface area (Å²) in [5, 5.41) is 0. The van der Waals surface area contributed by atoms with E-state index in [0.717, 1.165) is 5.57 Å². The monoisotopic (exact) mass is 207 g/mol. The first-order valence-electron chi connectivity index (χ1n) is 4.25. The van der Waals surface area contributed by atoms with Crippen LogP contribution in [0.25, 0.3) is 0 Å². The Hall–Kier alpha value is -0.0500. The highest BCUT2D eigenvalue weighted by molar-refractivity contribution is 6.23. The van der Waals surface area contributed by atoms with E-state index in [1.54, 1.807) is 0 Å². The van der Waals surface area contributed by atoms with Crippen LogP contribution in [0, 0.1) is 5.92 Å². The van der Waals surface area contributed by atoms with Gasteiger partial charge in [-0.05, 0) is 26.7 Å². The largest absolute Gasteiger partial charge is 0.377 e. The summed E-state index contributed by atoms with van der Waals surface area (Å²) in [5.74, 6) is 0.360. The molecule has 0 saturated carbocycles. The first kappa shape index (κ1) is 15.4. The van der Waals surface area contributed by atoms with Crippen molar-refractivity contribution in [1.82, 2.24) is 6.15 Å². The average Bonchev–Trinajstić information content (AvgIpc) is 1.84. The first-order chi connectivity index (χ1) is 5.34. The van der Waals surface area contributed by atoms with Gasteiger partial charge in [-0.25, -0.2) is 0 Å². The number of hydrogen-bond acceptors (Lipinski definition) is 2. The lowest BCUT2D eigenvalue weighted by atomic mass is 9.98. The summed E-state index contributed by atoms with van der Waals surface area (Å²) >= 11 is 6.10. The van der Waals surface area contributed by atoms with Crippen LogP contribution in [0.4, 0.5) is 0 Å². The van der Waals surface area contributed by atoms with E-state index in [1.807, 2.05) is 20.8 Å². The van der Waals surface area contributed by atoms with Crippen LogP contribution in [-0.2, 0) is 4.74 Å². The van der Waals surface area contributed by atoms with E-state index in [0.29, 0.717) is 19.1 Å². The fourth-order valence-corrected chi connectivity index (χ4v) is 0.671. The zero-order valence-electron chi connectivity index (χ0n) is 9.19. The summed E-state index contributed by atoms with van der Waals surface area (Å²) in [6.45, 7) is 13.1. The van der Waals surface area contributed by atoms with Crippen LogP contribution < -0.4 is 6.15 Å². The SMILES string of the molecule is C=C(C)COCC(C)C(C)(C)Cl.N. The van der Waals surface area contributed by atoms with Crippen LogP contribution in [-0.4, -0.2) is 18.1 Å². The molecule has 0 bridgehead atoms. The highest BCUT2D eigenvalue weighted by Gasteiger charge is 2.22. The summed E-state index contributed by atoms with van der Waals surface area (Å²) < 4.78 is 5.40. The summed E-state index contributed by atoms with van der Waals surface area (Å²) in [4.78, 5) is -0.185. The van der Waals surface area contributed by atoms with Crippen LogP contribution >= 0.6 is 11.6 Å². The molecule has 0 aromatic heterocycles. The van der Waals surface area contributed by atoms with Gasteiger partial charge in [0.25, 0.3) is 0 Å². The molecule has 0 aromatic carbocycles. The molecule has 0 aliphatic carbocycles. The molecule has 0 fully saturated rings. The van der Waals surface area contributed by atoms with Gasteiger partial charge in [0, 0.05) is 4.87 Å². The normalized spacial score (nSPS) is 13.3. The number of ether oxygens (including phenoxy) is 1. The maximum Gasteiger partial charge on any atom is 0.0671 e. The maximum atomic E-state index is 6.10. The lowest BCUT2D eigenvalue weighted by Crippen LogP contribution is -2.26. The van der Waals surface area contributed by atoms with E-state index >= 15 is 0 Å². The van der Waals surface area contributed by atoms with Crippen molar-refractivity contribution in [3.05, 3.63) is 12.2 Å². The van der Waals surface area contributed by atoms with Crippen LogP contribution in [0.15, 0.2) is 12.2 Å². The van der Waals surface area contributed by atoms with Gasteiger partial charge in [0.2, 0.25) is 0 Å². The van der Waals surface area contributed by atoms with Gasteiger partial charge >= 0.3 is 0 Å². The second-order valence-electron chi connectivity index (χ2n) is 3.94. The lowest BCUT2D eigenvalue weighted by Gasteiger charge is -2.24. The van der Waals surface area contributed by atoms with Gasteiger partial charge in [-0.1, -0.05) is 19.1 Å². The Morgan fingerprint density at radius 3 is 2.31 bits per heavy atom. The summed E-state index contributed by atoms with van der Waals surface area (Å²) in [7, 11) is 0. The standard InChI is InChI=1S/C10H19ClO.H3N/c1-8(2)6-12-7-9(3)10(4,5)11;/h9H,1,6-7H2,2-5H3;1H3. The Morgan fingerprint density at radius 1 is 1.54 bits per heavy atom. The Balaban J connectivity index is 0. The third-order valence-electron chi connectivity index (χ3n) is 1.89. The van der Waals surface area contributed by atoms with Crippen molar-refractivity contribution in [3.8, 4) is 0 Å². The maximum absolute atomic E-state index is 6.10. The van der Waals surface area contributed by atoms with Gasteiger partial charge in [0.1, 0.15) is 0 Å². The van der Waals surface area contributed by atoms with Gasteiger partial charge in [-0.15, -0.1) is 11.6 Å². The Morgan fingerprint density at radius 2 is 2.00 bits per heavy atom. The Labute approximate surface area is 86.9 Å². The van der Waals surface area contributed by atoms with Crippen LogP contribution in [0.3, 0.4) is 0 Å².